The number of rotatable bonds is 2. The van der Waals surface area contributed by atoms with E-state index in [4.69, 9.17) is 11.6 Å². The molecule has 1 aliphatic rings. The summed E-state index contributed by atoms with van der Waals surface area (Å²) in [6.45, 7) is 4.39. The Hall–Kier alpha value is -0.730. The molecule has 2 rings (SSSR count). The van der Waals surface area contributed by atoms with Gasteiger partial charge in [0.2, 0.25) is 0 Å². The van der Waals surface area contributed by atoms with Crippen molar-refractivity contribution in [3.63, 3.8) is 0 Å². The minimum Gasteiger partial charge on any atom is -0.392 e. The van der Waals surface area contributed by atoms with Crippen LogP contribution in [0.3, 0.4) is 0 Å². The van der Waals surface area contributed by atoms with Crippen molar-refractivity contribution in [1.29, 1.82) is 0 Å². The summed E-state index contributed by atoms with van der Waals surface area (Å²) >= 11 is 6.06. The lowest BCUT2D eigenvalue weighted by molar-refractivity contribution is 0.282. The van der Waals surface area contributed by atoms with E-state index < -0.39 is 0 Å². The third kappa shape index (κ3) is 2.11. The number of aliphatic hydroxyl groups excluding tert-OH is 1. The minimum atomic E-state index is 0.0138. The molecule has 1 N–H and O–H groups in total. The average Bonchev–Trinajstić information content (AvgIpc) is 2.64. The first-order chi connectivity index (χ1) is 7.22. The Morgan fingerprint density at radius 3 is 2.93 bits per heavy atom. The van der Waals surface area contributed by atoms with E-state index in [1.807, 2.05) is 18.2 Å². The van der Waals surface area contributed by atoms with Crippen molar-refractivity contribution in [2.75, 3.05) is 18.0 Å². The highest BCUT2D eigenvalue weighted by atomic mass is 35.5. The van der Waals surface area contributed by atoms with Crippen LogP contribution in [-0.2, 0) is 6.61 Å². The monoisotopic (exact) mass is 225 g/mol. The highest BCUT2D eigenvalue weighted by Gasteiger charge is 2.21. The van der Waals surface area contributed by atoms with Crippen molar-refractivity contribution in [3.05, 3.63) is 28.8 Å². The van der Waals surface area contributed by atoms with Gasteiger partial charge in [-0.3, -0.25) is 0 Å². The molecule has 3 heteroatoms. The zero-order valence-corrected chi connectivity index (χ0v) is 9.67. The maximum absolute atomic E-state index is 9.31. The second-order valence-corrected chi connectivity index (χ2v) is 4.64. The summed E-state index contributed by atoms with van der Waals surface area (Å²) in [5.41, 5.74) is 1.95. The smallest absolute Gasteiger partial charge is 0.0716 e. The molecule has 0 aromatic heterocycles. The Labute approximate surface area is 95.5 Å². The van der Waals surface area contributed by atoms with Crippen LogP contribution in [0.5, 0.6) is 0 Å². The van der Waals surface area contributed by atoms with Gasteiger partial charge in [0.15, 0.2) is 0 Å². The molecule has 1 aromatic rings. The van der Waals surface area contributed by atoms with E-state index in [0.717, 1.165) is 30.3 Å². The third-order valence-electron chi connectivity index (χ3n) is 3.02. The molecule has 0 saturated carbocycles. The fourth-order valence-electron chi connectivity index (χ4n) is 2.15. The normalized spacial score (nSPS) is 21.0. The van der Waals surface area contributed by atoms with Gasteiger partial charge in [-0.15, -0.1) is 0 Å². The fourth-order valence-corrected chi connectivity index (χ4v) is 2.38. The molecule has 0 radical (unpaired) electrons. The van der Waals surface area contributed by atoms with E-state index >= 15 is 0 Å². The molecular formula is C12H16ClNO. The first kappa shape index (κ1) is 10.8. The molecular weight excluding hydrogens is 210 g/mol. The van der Waals surface area contributed by atoms with Gasteiger partial charge >= 0.3 is 0 Å². The highest BCUT2D eigenvalue weighted by Crippen LogP contribution is 2.31. The van der Waals surface area contributed by atoms with E-state index in [-0.39, 0.29) is 6.61 Å². The molecule has 0 amide bonds. The Bertz CT molecular complexity index is 353. The van der Waals surface area contributed by atoms with Crippen LogP contribution in [0.2, 0.25) is 5.02 Å². The molecule has 0 aliphatic carbocycles. The molecule has 1 aliphatic heterocycles. The van der Waals surface area contributed by atoms with E-state index in [0.29, 0.717) is 5.02 Å². The zero-order chi connectivity index (χ0) is 10.8. The molecule has 1 aromatic carbocycles. The van der Waals surface area contributed by atoms with Gasteiger partial charge in [0.25, 0.3) is 0 Å². The van der Waals surface area contributed by atoms with Gasteiger partial charge < -0.3 is 10.0 Å². The summed E-state index contributed by atoms with van der Waals surface area (Å²) in [4.78, 5) is 2.31. The maximum atomic E-state index is 9.31. The van der Waals surface area contributed by atoms with E-state index in [9.17, 15) is 5.11 Å². The van der Waals surface area contributed by atoms with Crippen LogP contribution in [0.25, 0.3) is 0 Å². The van der Waals surface area contributed by atoms with Crippen LogP contribution in [0, 0.1) is 5.92 Å². The molecule has 1 fully saturated rings. The van der Waals surface area contributed by atoms with Crippen LogP contribution in [-0.4, -0.2) is 18.2 Å². The standard InChI is InChI=1S/C12H16ClNO/c1-9-5-6-14(7-9)12-4-2-3-11(13)10(12)8-15/h2-4,9,15H,5-8H2,1H3. The number of hydrogen-bond acceptors (Lipinski definition) is 2. The number of aliphatic hydroxyl groups is 1. The van der Waals surface area contributed by atoms with Gasteiger partial charge in [-0.1, -0.05) is 24.6 Å². The molecule has 2 nitrogen and oxygen atoms in total. The minimum absolute atomic E-state index is 0.0138. The van der Waals surface area contributed by atoms with Crippen molar-refractivity contribution in [3.8, 4) is 0 Å². The van der Waals surface area contributed by atoms with Crippen LogP contribution in [0.4, 0.5) is 5.69 Å². The molecule has 0 spiro atoms. The van der Waals surface area contributed by atoms with Gasteiger partial charge in [-0.2, -0.15) is 0 Å². The zero-order valence-electron chi connectivity index (χ0n) is 8.91. The largest absolute Gasteiger partial charge is 0.392 e. The fraction of sp³-hybridized carbons (Fsp3) is 0.500. The number of benzene rings is 1. The molecule has 1 saturated heterocycles. The van der Waals surface area contributed by atoms with Crippen molar-refractivity contribution >= 4 is 17.3 Å². The quantitative estimate of drug-likeness (QED) is 0.837. The first-order valence-corrected chi connectivity index (χ1v) is 5.73. The van der Waals surface area contributed by atoms with Crippen LogP contribution in [0.1, 0.15) is 18.9 Å². The van der Waals surface area contributed by atoms with Crippen LogP contribution in [0.15, 0.2) is 18.2 Å². The molecule has 82 valence electrons. The average molecular weight is 226 g/mol. The van der Waals surface area contributed by atoms with Crippen molar-refractivity contribution in [2.45, 2.75) is 20.0 Å². The molecule has 15 heavy (non-hydrogen) atoms. The van der Waals surface area contributed by atoms with Crippen LogP contribution < -0.4 is 4.90 Å². The van der Waals surface area contributed by atoms with Gasteiger partial charge in [0, 0.05) is 29.4 Å². The lowest BCUT2D eigenvalue weighted by Crippen LogP contribution is -2.20. The van der Waals surface area contributed by atoms with E-state index in [1.54, 1.807) is 0 Å². The summed E-state index contributed by atoms with van der Waals surface area (Å²) < 4.78 is 0. The lowest BCUT2D eigenvalue weighted by Gasteiger charge is -2.21. The molecule has 1 unspecified atom stereocenters. The SMILES string of the molecule is CC1CCN(c2cccc(Cl)c2CO)C1. The van der Waals surface area contributed by atoms with E-state index in [1.165, 1.54) is 6.42 Å². The Morgan fingerprint density at radius 1 is 1.53 bits per heavy atom. The Balaban J connectivity index is 2.31. The first-order valence-electron chi connectivity index (χ1n) is 5.35. The predicted molar refractivity (Wildman–Crippen MR) is 63.4 cm³/mol. The molecule has 1 atom stereocenters. The van der Waals surface area contributed by atoms with Crippen LogP contribution >= 0.6 is 11.6 Å². The number of hydrogen-bond donors (Lipinski definition) is 1. The number of halogens is 1. The molecule has 1 heterocycles. The lowest BCUT2D eigenvalue weighted by atomic mass is 10.1. The summed E-state index contributed by atoms with van der Waals surface area (Å²) in [5, 5.41) is 9.98. The van der Waals surface area contributed by atoms with Gasteiger partial charge in [-0.05, 0) is 24.5 Å². The Morgan fingerprint density at radius 2 is 2.33 bits per heavy atom. The van der Waals surface area contributed by atoms with Crippen molar-refractivity contribution < 1.29 is 5.11 Å². The Kier molecular flexibility index (Phi) is 3.17. The molecule has 0 bridgehead atoms. The third-order valence-corrected chi connectivity index (χ3v) is 3.37. The maximum Gasteiger partial charge on any atom is 0.0716 e. The number of anilines is 1. The summed E-state index contributed by atoms with van der Waals surface area (Å²) in [6, 6.07) is 5.81. The topological polar surface area (TPSA) is 23.5 Å². The van der Waals surface area contributed by atoms with Gasteiger partial charge in [0.05, 0.1) is 6.61 Å². The number of nitrogens with zero attached hydrogens (tertiary/aromatic N) is 1. The second-order valence-electron chi connectivity index (χ2n) is 4.24. The van der Waals surface area contributed by atoms with Gasteiger partial charge in [-0.25, -0.2) is 0 Å². The summed E-state index contributed by atoms with van der Waals surface area (Å²) in [7, 11) is 0. The van der Waals surface area contributed by atoms with Crippen molar-refractivity contribution in [1.82, 2.24) is 0 Å². The van der Waals surface area contributed by atoms with Crippen molar-refractivity contribution in [2.24, 2.45) is 5.92 Å². The summed E-state index contributed by atoms with van der Waals surface area (Å²) in [6.07, 6.45) is 1.22. The second kappa shape index (κ2) is 4.42. The summed E-state index contributed by atoms with van der Waals surface area (Å²) in [5.74, 6) is 0.732. The van der Waals surface area contributed by atoms with Gasteiger partial charge in [0.1, 0.15) is 0 Å². The predicted octanol–water partition coefficient (Wildman–Crippen LogP) is 2.68. The highest BCUT2D eigenvalue weighted by molar-refractivity contribution is 6.31. The van der Waals surface area contributed by atoms with E-state index in [2.05, 4.69) is 11.8 Å².